The molecule has 0 spiro atoms. The van der Waals surface area contributed by atoms with Crippen molar-refractivity contribution < 1.29 is 4.79 Å². The molecule has 0 radical (unpaired) electrons. The van der Waals surface area contributed by atoms with Gasteiger partial charge < -0.3 is 10.6 Å². The Kier molecular flexibility index (Phi) is 6.24. The lowest BCUT2D eigenvalue weighted by molar-refractivity contribution is 0.252. The number of amides is 2. The number of nitrogens with zero attached hydrogens (tertiary/aromatic N) is 4. The number of aromatic nitrogens is 3. The molecule has 3 heterocycles. The fourth-order valence-corrected chi connectivity index (χ4v) is 3.31. The maximum atomic E-state index is 12.1. The quantitative estimate of drug-likeness (QED) is 0.301. The fourth-order valence-electron chi connectivity index (χ4n) is 2.73. The van der Waals surface area contributed by atoms with Crippen LogP contribution in [0.4, 0.5) is 22.1 Å². The summed E-state index contributed by atoms with van der Waals surface area (Å²) < 4.78 is 0. The summed E-state index contributed by atoms with van der Waals surface area (Å²) in [4.78, 5) is 26.0. The molecule has 0 aliphatic rings. The molecule has 0 aliphatic heterocycles. The van der Waals surface area contributed by atoms with Crippen LogP contribution in [0.15, 0.2) is 77.6 Å². The van der Waals surface area contributed by atoms with Gasteiger partial charge in [0, 0.05) is 40.4 Å². The summed E-state index contributed by atoms with van der Waals surface area (Å²) in [6, 6.07) is 14.6. The lowest BCUT2D eigenvalue weighted by atomic mass is 10.2. The van der Waals surface area contributed by atoms with Gasteiger partial charge in [-0.25, -0.2) is 20.2 Å². The minimum absolute atomic E-state index is 0.433. The summed E-state index contributed by atoms with van der Waals surface area (Å²) in [5, 5.41) is 11.9. The number of carbonyl (C=O) groups is 1. The Morgan fingerprint density at radius 1 is 1.13 bits per heavy atom. The van der Waals surface area contributed by atoms with Crippen molar-refractivity contribution in [1.29, 1.82) is 0 Å². The molecule has 0 aliphatic carbocycles. The molecule has 0 saturated heterocycles. The summed E-state index contributed by atoms with van der Waals surface area (Å²) in [7, 11) is 0. The molecule has 0 saturated carbocycles. The highest BCUT2D eigenvalue weighted by atomic mass is 32.1. The maximum Gasteiger partial charge on any atom is 0.339 e. The van der Waals surface area contributed by atoms with Gasteiger partial charge in [0.05, 0.1) is 11.9 Å². The zero-order valence-corrected chi connectivity index (χ0v) is 17.4. The second-order valence-corrected chi connectivity index (χ2v) is 7.48. The zero-order valence-electron chi connectivity index (χ0n) is 16.6. The zero-order chi connectivity index (χ0) is 21.5. The van der Waals surface area contributed by atoms with Crippen LogP contribution >= 0.6 is 11.3 Å². The van der Waals surface area contributed by atoms with E-state index >= 15 is 0 Å². The number of benzene rings is 1. The number of nitrogens with one attached hydrogen (secondary N) is 3. The molecule has 9 heteroatoms. The molecule has 0 unspecified atom stereocenters. The molecule has 0 fully saturated rings. The number of aryl methyl sites for hydroxylation is 1. The van der Waals surface area contributed by atoms with E-state index < -0.39 is 6.03 Å². The van der Waals surface area contributed by atoms with Gasteiger partial charge in [0.15, 0.2) is 0 Å². The fraction of sp³-hybridized carbons (Fsp3) is 0.0455. The van der Waals surface area contributed by atoms with Gasteiger partial charge in [-0.3, -0.25) is 4.98 Å². The van der Waals surface area contributed by atoms with Crippen LogP contribution in [0.2, 0.25) is 0 Å². The Hall–Kier alpha value is -4.11. The van der Waals surface area contributed by atoms with Crippen molar-refractivity contribution >= 4 is 40.9 Å². The highest BCUT2D eigenvalue weighted by Crippen LogP contribution is 2.24. The van der Waals surface area contributed by atoms with E-state index in [2.05, 4.69) is 36.1 Å². The van der Waals surface area contributed by atoms with Gasteiger partial charge in [-0.15, -0.1) is 11.3 Å². The number of rotatable bonds is 6. The van der Waals surface area contributed by atoms with E-state index in [1.165, 1.54) is 11.3 Å². The van der Waals surface area contributed by atoms with E-state index in [1.54, 1.807) is 24.8 Å². The molecule has 31 heavy (non-hydrogen) atoms. The first-order chi connectivity index (χ1) is 15.2. The topological polar surface area (TPSA) is 104 Å². The van der Waals surface area contributed by atoms with Gasteiger partial charge in [-0.1, -0.05) is 12.1 Å². The predicted octanol–water partition coefficient (Wildman–Crippen LogP) is 4.81. The number of urea groups is 1. The number of hydrazone groups is 1. The lowest BCUT2D eigenvalue weighted by Gasteiger charge is -2.12. The SMILES string of the molecule is Cc1ccc(NC(=O)N/N=C/c2cccs2)cc1Nc1nccc(-c2cccnc2)n1. The highest BCUT2D eigenvalue weighted by molar-refractivity contribution is 7.11. The highest BCUT2D eigenvalue weighted by Gasteiger charge is 2.07. The predicted molar refractivity (Wildman–Crippen MR) is 124 cm³/mol. The van der Waals surface area contributed by atoms with Gasteiger partial charge in [0.1, 0.15) is 0 Å². The summed E-state index contributed by atoms with van der Waals surface area (Å²) >= 11 is 1.54. The smallest absolute Gasteiger partial charge is 0.324 e. The minimum Gasteiger partial charge on any atom is -0.324 e. The van der Waals surface area contributed by atoms with E-state index in [4.69, 9.17) is 0 Å². The Bertz CT molecular complexity index is 1190. The summed E-state index contributed by atoms with van der Waals surface area (Å²) in [6.07, 6.45) is 6.75. The van der Waals surface area contributed by atoms with E-state index in [9.17, 15) is 4.79 Å². The third-order valence-electron chi connectivity index (χ3n) is 4.26. The van der Waals surface area contributed by atoms with Gasteiger partial charge in [0.25, 0.3) is 0 Å². The van der Waals surface area contributed by atoms with Crippen LogP contribution in [0.25, 0.3) is 11.3 Å². The second-order valence-electron chi connectivity index (χ2n) is 6.50. The van der Waals surface area contributed by atoms with Crippen LogP contribution in [-0.4, -0.2) is 27.2 Å². The molecule has 4 aromatic rings. The lowest BCUT2D eigenvalue weighted by Crippen LogP contribution is -2.24. The van der Waals surface area contributed by atoms with Crippen molar-refractivity contribution in [2.24, 2.45) is 5.10 Å². The first kappa shape index (κ1) is 20.2. The first-order valence-corrected chi connectivity index (χ1v) is 10.3. The van der Waals surface area contributed by atoms with Crippen molar-refractivity contribution in [2.45, 2.75) is 6.92 Å². The van der Waals surface area contributed by atoms with Crippen molar-refractivity contribution in [2.75, 3.05) is 10.6 Å². The van der Waals surface area contributed by atoms with Gasteiger partial charge in [0.2, 0.25) is 5.95 Å². The van der Waals surface area contributed by atoms with Crippen LogP contribution in [0, 0.1) is 6.92 Å². The van der Waals surface area contributed by atoms with E-state index in [0.29, 0.717) is 11.6 Å². The molecule has 0 bridgehead atoms. The Morgan fingerprint density at radius 2 is 2.06 bits per heavy atom. The number of carbonyl (C=O) groups excluding carboxylic acids is 1. The van der Waals surface area contributed by atoms with Crippen LogP contribution in [-0.2, 0) is 0 Å². The Balaban J connectivity index is 1.44. The third kappa shape index (κ3) is 5.49. The van der Waals surface area contributed by atoms with Crippen LogP contribution in [0.1, 0.15) is 10.4 Å². The van der Waals surface area contributed by atoms with Crippen molar-refractivity contribution in [1.82, 2.24) is 20.4 Å². The molecular formula is C22H19N7OS. The molecule has 154 valence electrons. The molecule has 4 rings (SSSR count). The van der Waals surface area contributed by atoms with Gasteiger partial charge in [-0.2, -0.15) is 5.10 Å². The normalized spacial score (nSPS) is 10.7. The van der Waals surface area contributed by atoms with Crippen molar-refractivity contribution in [3.8, 4) is 11.3 Å². The number of pyridine rings is 1. The molecule has 3 N–H and O–H groups in total. The molecule has 8 nitrogen and oxygen atoms in total. The summed E-state index contributed by atoms with van der Waals surface area (Å²) in [6.45, 7) is 1.96. The third-order valence-corrected chi connectivity index (χ3v) is 5.06. The van der Waals surface area contributed by atoms with Gasteiger partial charge >= 0.3 is 6.03 Å². The number of thiophene rings is 1. The van der Waals surface area contributed by atoms with Crippen LogP contribution in [0.5, 0.6) is 0 Å². The average molecular weight is 430 g/mol. The van der Waals surface area contributed by atoms with Gasteiger partial charge in [-0.05, 0) is 54.3 Å². The Morgan fingerprint density at radius 3 is 2.87 bits per heavy atom. The number of hydrogen-bond acceptors (Lipinski definition) is 7. The van der Waals surface area contributed by atoms with Crippen molar-refractivity contribution in [3.05, 3.63) is 82.9 Å². The monoisotopic (exact) mass is 429 g/mol. The van der Waals surface area contributed by atoms with E-state index in [-0.39, 0.29) is 0 Å². The largest absolute Gasteiger partial charge is 0.339 e. The molecule has 1 aromatic carbocycles. The van der Waals surface area contributed by atoms with E-state index in [0.717, 1.165) is 27.4 Å². The van der Waals surface area contributed by atoms with E-state index in [1.807, 2.05) is 60.8 Å². The number of anilines is 3. The number of hydrogen-bond donors (Lipinski definition) is 3. The van der Waals surface area contributed by atoms with Crippen LogP contribution in [0.3, 0.4) is 0 Å². The summed E-state index contributed by atoms with van der Waals surface area (Å²) in [5.41, 5.74) is 6.50. The first-order valence-electron chi connectivity index (χ1n) is 9.42. The molecule has 2 amide bonds. The molecular weight excluding hydrogens is 410 g/mol. The van der Waals surface area contributed by atoms with Crippen LogP contribution < -0.4 is 16.1 Å². The summed E-state index contributed by atoms with van der Waals surface area (Å²) in [5.74, 6) is 0.451. The average Bonchev–Trinajstić information content (AvgIpc) is 3.30. The molecule has 3 aromatic heterocycles. The minimum atomic E-state index is -0.433. The van der Waals surface area contributed by atoms with Crippen molar-refractivity contribution in [3.63, 3.8) is 0 Å². The second kappa shape index (κ2) is 9.59. The maximum absolute atomic E-state index is 12.1. The standard InChI is InChI=1S/C22H19N7OS/c1-15-6-7-17(26-22(30)29-25-14-18-5-3-11-31-18)12-20(15)28-21-24-10-8-19(27-21)16-4-2-9-23-13-16/h2-14H,1H3,(H,24,27,28)(H2,26,29,30)/b25-14+. The molecule has 0 atom stereocenters. The Labute approximate surface area is 183 Å².